The Labute approximate surface area is 306 Å². The zero-order valence-corrected chi connectivity index (χ0v) is 34.3. The van der Waals surface area contributed by atoms with Gasteiger partial charge >= 0.3 is 0 Å². The zero-order valence-electron chi connectivity index (χ0n) is 31.8. The molecule has 0 radical (unpaired) electrons. The number of fused-ring (bicyclic) bond motifs is 6. The van der Waals surface area contributed by atoms with Crippen molar-refractivity contribution in [3.05, 3.63) is 122 Å². The normalized spacial score (nSPS) is 13.9. The number of benzene rings is 4. The standard InChI is InChI=1S/C46H57.Zr/c1-27-21-39(45(9,10)11)35(37-25-29-23-31(43(3,4)5)15-17-33(29)41(27)37)19-20-36-38-26-30-24-32(44(6,7)8)16-18-34(30)42(38)28(2)22-40(36)46(12,13)14;/h15-19,21-24H,20,25-26H2,1-14H3;/q-1;. The molecule has 4 aromatic carbocycles. The van der Waals surface area contributed by atoms with Gasteiger partial charge in [-0.25, -0.2) is 0 Å². The van der Waals surface area contributed by atoms with Crippen molar-refractivity contribution in [2.75, 3.05) is 0 Å². The van der Waals surface area contributed by atoms with Crippen LogP contribution >= 0.6 is 0 Å². The van der Waals surface area contributed by atoms with Gasteiger partial charge < -0.3 is 0 Å². The molecule has 2 aliphatic carbocycles. The molecule has 0 nitrogen and oxygen atoms in total. The van der Waals surface area contributed by atoms with Gasteiger partial charge in [-0.05, 0) is 104 Å². The van der Waals surface area contributed by atoms with Crippen LogP contribution < -0.4 is 0 Å². The molecule has 0 atom stereocenters. The minimum absolute atomic E-state index is 0. The number of hydrogen-bond acceptors (Lipinski definition) is 0. The Morgan fingerprint density at radius 1 is 0.532 bits per heavy atom. The summed E-state index contributed by atoms with van der Waals surface area (Å²) in [6.45, 7) is 33.0. The smallest absolute Gasteiger partial charge is 0 e. The number of aryl methyl sites for hydroxylation is 2. The number of hydrogen-bond donors (Lipinski definition) is 0. The molecule has 4 aromatic rings. The molecule has 6 rings (SSSR count). The molecular weight excluding hydrogens is 644 g/mol. The van der Waals surface area contributed by atoms with E-state index in [0.29, 0.717) is 0 Å². The average molecular weight is 701 g/mol. The van der Waals surface area contributed by atoms with E-state index in [2.05, 4.69) is 152 Å². The molecule has 0 saturated heterocycles. The van der Waals surface area contributed by atoms with E-state index in [1.807, 2.05) is 0 Å². The molecule has 0 N–H and O–H groups in total. The molecule has 0 saturated carbocycles. The van der Waals surface area contributed by atoms with Crippen molar-refractivity contribution in [2.24, 2.45) is 0 Å². The summed E-state index contributed by atoms with van der Waals surface area (Å²) in [4.78, 5) is 0. The Bertz CT molecular complexity index is 1730. The molecule has 246 valence electrons. The fourth-order valence-electron chi connectivity index (χ4n) is 8.20. The van der Waals surface area contributed by atoms with Gasteiger partial charge in [0, 0.05) is 26.2 Å². The molecule has 1 heteroatoms. The van der Waals surface area contributed by atoms with Crippen LogP contribution in [0.4, 0.5) is 0 Å². The van der Waals surface area contributed by atoms with E-state index in [1.54, 1.807) is 11.1 Å². The van der Waals surface area contributed by atoms with Gasteiger partial charge in [-0.15, -0.1) is 17.2 Å². The van der Waals surface area contributed by atoms with Crippen molar-refractivity contribution in [3.8, 4) is 22.3 Å². The van der Waals surface area contributed by atoms with Crippen LogP contribution in [0.1, 0.15) is 150 Å². The predicted molar refractivity (Wildman–Crippen MR) is 201 cm³/mol. The summed E-state index contributed by atoms with van der Waals surface area (Å²) < 4.78 is 0. The molecule has 0 aromatic heterocycles. The maximum absolute atomic E-state index is 2.62. The fourth-order valence-corrected chi connectivity index (χ4v) is 8.20. The molecule has 47 heavy (non-hydrogen) atoms. The van der Waals surface area contributed by atoms with E-state index in [4.69, 9.17) is 0 Å². The molecule has 0 spiro atoms. The Balaban J connectivity index is 0.00000433. The van der Waals surface area contributed by atoms with E-state index in [0.717, 1.165) is 19.3 Å². The summed E-state index contributed by atoms with van der Waals surface area (Å²) in [5.74, 6) is 0. The summed E-state index contributed by atoms with van der Waals surface area (Å²) in [7, 11) is 0. The summed E-state index contributed by atoms with van der Waals surface area (Å²) in [6.07, 6.45) is 5.63. The minimum atomic E-state index is 0. The zero-order chi connectivity index (χ0) is 33.7. The van der Waals surface area contributed by atoms with Gasteiger partial charge in [-0.1, -0.05) is 149 Å². The summed E-state index contributed by atoms with van der Waals surface area (Å²) in [5.41, 5.74) is 24.0. The molecule has 0 fully saturated rings. The van der Waals surface area contributed by atoms with Crippen molar-refractivity contribution in [2.45, 2.75) is 138 Å². The second-order valence-electron chi connectivity index (χ2n) is 18.6. The van der Waals surface area contributed by atoms with Crippen LogP contribution in [0.15, 0.2) is 48.5 Å². The Kier molecular flexibility index (Phi) is 9.10. The van der Waals surface area contributed by atoms with Crippen molar-refractivity contribution in [1.29, 1.82) is 0 Å². The van der Waals surface area contributed by atoms with Crippen LogP contribution in [0.3, 0.4) is 0 Å². The SMILES string of the molecule is Cc1cc(C(C)(C)C)c([CH-]Cc2c(C(C)(C)C)cc(C)c3c2Cc2cc(C(C)(C)C)ccc2-3)c2c1-c1ccc(C(C)(C)C)cc1C2.[Zr]. The van der Waals surface area contributed by atoms with Crippen molar-refractivity contribution < 1.29 is 26.2 Å². The number of rotatable bonds is 3. The summed E-state index contributed by atoms with van der Waals surface area (Å²) in [6, 6.07) is 19.5. The maximum Gasteiger partial charge on any atom is 0 e. The first-order chi connectivity index (χ1) is 21.2. The third-order valence-electron chi connectivity index (χ3n) is 10.8. The van der Waals surface area contributed by atoms with Gasteiger partial charge in [0.25, 0.3) is 0 Å². The van der Waals surface area contributed by atoms with Crippen LogP contribution in [0.2, 0.25) is 0 Å². The van der Waals surface area contributed by atoms with E-state index < -0.39 is 0 Å². The van der Waals surface area contributed by atoms with Crippen LogP contribution in [0, 0.1) is 20.3 Å². The Morgan fingerprint density at radius 2 is 0.957 bits per heavy atom. The Morgan fingerprint density at radius 3 is 1.40 bits per heavy atom. The first kappa shape index (κ1) is 35.9. The van der Waals surface area contributed by atoms with Gasteiger partial charge in [-0.3, -0.25) is 0 Å². The van der Waals surface area contributed by atoms with Gasteiger partial charge in [0.2, 0.25) is 0 Å². The van der Waals surface area contributed by atoms with Crippen LogP contribution in [-0.4, -0.2) is 0 Å². The van der Waals surface area contributed by atoms with Gasteiger partial charge in [0.05, 0.1) is 0 Å². The van der Waals surface area contributed by atoms with Gasteiger partial charge in [0.15, 0.2) is 0 Å². The first-order valence-electron chi connectivity index (χ1n) is 17.6. The first-order valence-corrected chi connectivity index (χ1v) is 17.6. The van der Waals surface area contributed by atoms with Crippen LogP contribution in [-0.2, 0) is 67.1 Å². The summed E-state index contributed by atoms with van der Waals surface area (Å²) in [5, 5.41) is 0. The van der Waals surface area contributed by atoms with E-state index >= 15 is 0 Å². The quantitative estimate of drug-likeness (QED) is 0.161. The molecule has 2 aliphatic rings. The molecule has 0 heterocycles. The third-order valence-corrected chi connectivity index (χ3v) is 10.8. The molecule has 0 unspecified atom stereocenters. The largest absolute Gasteiger partial charge is 0.184 e. The van der Waals surface area contributed by atoms with E-state index in [9.17, 15) is 0 Å². The van der Waals surface area contributed by atoms with Crippen molar-refractivity contribution in [1.82, 2.24) is 0 Å². The molecule has 0 aliphatic heterocycles. The van der Waals surface area contributed by atoms with Crippen molar-refractivity contribution in [3.63, 3.8) is 0 Å². The maximum atomic E-state index is 2.62. The minimum Gasteiger partial charge on any atom is -0.184 e. The Hall–Kier alpha value is -2.37. The predicted octanol–water partition coefficient (Wildman–Crippen LogP) is 12.4. The second kappa shape index (κ2) is 11.9. The average Bonchev–Trinajstić information content (AvgIpc) is 3.50. The molecular formula is C46H57Zr-. The summed E-state index contributed by atoms with van der Waals surface area (Å²) >= 11 is 0. The fraction of sp³-hybridized carbons (Fsp3) is 0.457. The van der Waals surface area contributed by atoms with Crippen molar-refractivity contribution >= 4 is 0 Å². The third kappa shape index (κ3) is 6.41. The van der Waals surface area contributed by atoms with E-state index in [-0.39, 0.29) is 47.9 Å². The van der Waals surface area contributed by atoms with Gasteiger partial charge in [0.1, 0.15) is 0 Å². The molecule has 0 amide bonds. The van der Waals surface area contributed by atoms with Gasteiger partial charge in [-0.2, -0.15) is 12.0 Å². The van der Waals surface area contributed by atoms with Crippen LogP contribution in [0.25, 0.3) is 22.3 Å². The van der Waals surface area contributed by atoms with E-state index in [1.165, 1.54) is 77.9 Å². The topological polar surface area (TPSA) is 0 Å². The second-order valence-corrected chi connectivity index (χ2v) is 18.6. The monoisotopic (exact) mass is 699 g/mol. The molecule has 0 bridgehead atoms. The van der Waals surface area contributed by atoms with Crippen LogP contribution in [0.5, 0.6) is 0 Å².